The number of halogens is 2. The third-order valence-electron chi connectivity index (χ3n) is 6.96. The van der Waals surface area contributed by atoms with Crippen molar-refractivity contribution in [2.24, 2.45) is 0 Å². The number of esters is 1. The summed E-state index contributed by atoms with van der Waals surface area (Å²) in [5.41, 5.74) is 3.23. The summed E-state index contributed by atoms with van der Waals surface area (Å²) in [7, 11) is 0. The minimum absolute atomic E-state index is 0.0405. The van der Waals surface area contributed by atoms with Crippen molar-refractivity contribution >= 4 is 63.0 Å². The number of carbonyl (C=O) groups is 3. The number of hydrogen-bond donors (Lipinski definition) is 2. The summed E-state index contributed by atoms with van der Waals surface area (Å²) in [4.78, 5) is 38.5. The van der Waals surface area contributed by atoms with Gasteiger partial charge in [0.05, 0.1) is 7.14 Å². The number of nitrogens with one attached hydrogen (secondary N) is 1. The number of benzene rings is 3. The van der Waals surface area contributed by atoms with E-state index in [0.29, 0.717) is 24.2 Å². The minimum Gasteiger partial charge on any atom is -0.506 e. The number of phenolic OH excluding ortho intramolecular Hbond substituents is 1. The SMILES string of the molecule is O=C(N[C@H](Cc1cc(I)c(O)c(I)c1)C(=O)OCC(=O)c1ccc(C2CCCCC2)cc1)OCc1ccccc1. The van der Waals surface area contributed by atoms with Crippen LogP contribution in [0.25, 0.3) is 0 Å². The highest BCUT2D eigenvalue weighted by Gasteiger charge is 2.26. The first kappa shape index (κ1) is 30.3. The minimum atomic E-state index is -1.10. The molecule has 210 valence electrons. The molecule has 7 nitrogen and oxygen atoms in total. The number of hydrogen-bond acceptors (Lipinski definition) is 6. The summed E-state index contributed by atoms with van der Waals surface area (Å²) in [6, 6.07) is 19.1. The van der Waals surface area contributed by atoms with Gasteiger partial charge in [-0.25, -0.2) is 9.59 Å². The van der Waals surface area contributed by atoms with E-state index in [4.69, 9.17) is 9.47 Å². The van der Waals surface area contributed by atoms with Gasteiger partial charge in [0.1, 0.15) is 18.4 Å². The molecule has 40 heavy (non-hydrogen) atoms. The summed E-state index contributed by atoms with van der Waals surface area (Å²) >= 11 is 4.01. The molecule has 0 aromatic heterocycles. The van der Waals surface area contributed by atoms with E-state index in [1.54, 1.807) is 24.3 Å². The molecule has 1 atom stereocenters. The van der Waals surface area contributed by atoms with Gasteiger partial charge < -0.3 is 19.9 Å². The highest BCUT2D eigenvalue weighted by Crippen LogP contribution is 2.32. The Morgan fingerprint density at radius 1 is 0.875 bits per heavy atom. The smallest absolute Gasteiger partial charge is 0.408 e. The summed E-state index contributed by atoms with van der Waals surface area (Å²) in [5.74, 6) is -0.376. The predicted octanol–water partition coefficient (Wildman–Crippen LogP) is 6.91. The van der Waals surface area contributed by atoms with Crippen molar-refractivity contribution in [1.82, 2.24) is 5.32 Å². The molecule has 0 radical (unpaired) electrons. The van der Waals surface area contributed by atoms with E-state index in [1.165, 1.54) is 37.7 Å². The Balaban J connectivity index is 1.39. The lowest BCUT2D eigenvalue weighted by atomic mass is 9.84. The van der Waals surface area contributed by atoms with Crippen molar-refractivity contribution in [1.29, 1.82) is 0 Å². The number of alkyl carbamates (subject to hydrolysis) is 1. The molecule has 1 fully saturated rings. The number of Topliss-reactive ketones (excluding diaryl/α,β-unsaturated/α-hetero) is 1. The van der Waals surface area contributed by atoms with Crippen LogP contribution in [0.5, 0.6) is 5.75 Å². The van der Waals surface area contributed by atoms with E-state index in [2.05, 4.69) is 5.32 Å². The first-order valence-electron chi connectivity index (χ1n) is 13.2. The number of aromatic hydroxyl groups is 1. The summed E-state index contributed by atoms with van der Waals surface area (Å²) in [6.07, 6.45) is 5.41. The lowest BCUT2D eigenvalue weighted by Gasteiger charge is -2.22. The van der Waals surface area contributed by atoms with E-state index in [0.717, 1.165) is 5.56 Å². The van der Waals surface area contributed by atoms with Crippen LogP contribution in [0.2, 0.25) is 0 Å². The molecular weight excluding hydrogens is 736 g/mol. The Bertz CT molecular complexity index is 1300. The van der Waals surface area contributed by atoms with E-state index < -0.39 is 24.7 Å². The zero-order valence-corrected chi connectivity index (χ0v) is 26.2. The maximum atomic E-state index is 13.1. The van der Waals surface area contributed by atoms with E-state index in [1.807, 2.05) is 87.6 Å². The Labute approximate surface area is 261 Å². The van der Waals surface area contributed by atoms with Gasteiger partial charge in [0.2, 0.25) is 0 Å². The lowest BCUT2D eigenvalue weighted by molar-refractivity contribution is -0.144. The van der Waals surface area contributed by atoms with Crippen LogP contribution in [0.1, 0.15) is 65.1 Å². The van der Waals surface area contributed by atoms with Crippen LogP contribution in [0, 0.1) is 7.14 Å². The van der Waals surface area contributed by atoms with Gasteiger partial charge in [-0.2, -0.15) is 0 Å². The van der Waals surface area contributed by atoms with Crippen molar-refractivity contribution in [3.8, 4) is 5.75 Å². The maximum absolute atomic E-state index is 13.1. The van der Waals surface area contributed by atoms with Crippen molar-refractivity contribution in [3.05, 3.63) is 96.1 Å². The highest BCUT2D eigenvalue weighted by atomic mass is 127. The molecule has 1 aliphatic rings. The molecule has 0 unspecified atom stereocenters. The Morgan fingerprint density at radius 2 is 1.52 bits per heavy atom. The van der Waals surface area contributed by atoms with E-state index in [-0.39, 0.29) is 24.6 Å². The first-order valence-corrected chi connectivity index (χ1v) is 15.4. The Kier molecular flexibility index (Phi) is 11.2. The molecule has 1 saturated carbocycles. The predicted molar refractivity (Wildman–Crippen MR) is 168 cm³/mol. The Hall–Kier alpha value is -2.67. The van der Waals surface area contributed by atoms with Crippen molar-refractivity contribution in [2.75, 3.05) is 6.61 Å². The number of ketones is 1. The summed E-state index contributed by atoms with van der Waals surface area (Å²) < 4.78 is 11.9. The first-order chi connectivity index (χ1) is 19.3. The van der Waals surface area contributed by atoms with Crippen LogP contribution >= 0.6 is 45.2 Å². The topological polar surface area (TPSA) is 102 Å². The fourth-order valence-corrected chi connectivity index (χ4v) is 6.67. The van der Waals surface area contributed by atoms with E-state index in [9.17, 15) is 19.5 Å². The highest BCUT2D eigenvalue weighted by molar-refractivity contribution is 14.1. The molecule has 3 aromatic rings. The second kappa shape index (κ2) is 14.8. The average molecular weight is 767 g/mol. The molecule has 4 rings (SSSR count). The zero-order chi connectivity index (χ0) is 28.5. The van der Waals surface area contributed by atoms with Crippen molar-refractivity contribution in [2.45, 2.75) is 57.1 Å². The number of carbonyl (C=O) groups excluding carboxylic acids is 3. The molecule has 1 amide bonds. The Morgan fingerprint density at radius 3 is 2.17 bits per heavy atom. The van der Waals surface area contributed by atoms with Crippen LogP contribution in [0.15, 0.2) is 66.7 Å². The largest absolute Gasteiger partial charge is 0.506 e. The molecule has 9 heteroatoms. The van der Waals surface area contributed by atoms with Crippen LogP contribution in [0.3, 0.4) is 0 Å². The van der Waals surface area contributed by atoms with Crippen molar-refractivity contribution in [3.63, 3.8) is 0 Å². The fourth-order valence-electron chi connectivity index (χ4n) is 4.77. The van der Waals surface area contributed by atoms with Gasteiger partial charge in [-0.15, -0.1) is 0 Å². The zero-order valence-electron chi connectivity index (χ0n) is 21.9. The maximum Gasteiger partial charge on any atom is 0.408 e. The van der Waals surface area contributed by atoms with E-state index >= 15 is 0 Å². The van der Waals surface area contributed by atoms with Gasteiger partial charge in [0.25, 0.3) is 0 Å². The molecule has 0 saturated heterocycles. The molecular formula is C31H31I2NO6. The van der Waals surface area contributed by atoms with Crippen LogP contribution in [0.4, 0.5) is 4.79 Å². The van der Waals surface area contributed by atoms with Gasteiger partial charge in [-0.1, -0.05) is 73.9 Å². The molecule has 3 aromatic carbocycles. The molecule has 1 aliphatic carbocycles. The van der Waals surface area contributed by atoms with Crippen LogP contribution in [-0.2, 0) is 27.3 Å². The molecule has 0 aliphatic heterocycles. The fraction of sp³-hybridized carbons (Fsp3) is 0.323. The van der Waals surface area contributed by atoms with Crippen molar-refractivity contribution < 1.29 is 29.0 Å². The third-order valence-corrected chi connectivity index (χ3v) is 8.61. The second-order valence-corrected chi connectivity index (χ2v) is 12.2. The lowest BCUT2D eigenvalue weighted by Crippen LogP contribution is -2.44. The number of ether oxygens (including phenoxy) is 2. The van der Waals surface area contributed by atoms with Gasteiger partial charge in [0.15, 0.2) is 12.4 Å². The average Bonchev–Trinajstić information content (AvgIpc) is 2.98. The molecule has 0 bridgehead atoms. The van der Waals surface area contributed by atoms with Crippen LogP contribution < -0.4 is 5.32 Å². The van der Waals surface area contributed by atoms with Gasteiger partial charge in [0, 0.05) is 12.0 Å². The van der Waals surface area contributed by atoms with Crippen LogP contribution in [-0.4, -0.2) is 35.6 Å². The molecule has 0 spiro atoms. The normalized spacial score (nSPS) is 14.2. The quantitative estimate of drug-likeness (QED) is 0.132. The van der Waals surface area contributed by atoms with Gasteiger partial charge in [-0.05, 0) is 92.8 Å². The standard InChI is InChI=1S/C31H31I2NO6/c32-25-15-21(16-26(33)29(25)36)17-27(34-31(38)40-18-20-7-3-1-4-8-20)30(37)39-19-28(35)24-13-11-23(12-14-24)22-9-5-2-6-10-22/h1,3-4,7-8,11-16,22,27,36H,2,5-6,9-10,17-19H2,(H,34,38)/t27-/m1/s1. The monoisotopic (exact) mass is 767 g/mol. The third kappa shape index (κ3) is 8.66. The number of phenols is 1. The number of amides is 1. The van der Waals surface area contributed by atoms with Gasteiger partial charge in [-0.3, -0.25) is 4.79 Å². The second-order valence-electron chi connectivity index (χ2n) is 9.86. The summed E-state index contributed by atoms with van der Waals surface area (Å²) in [6.45, 7) is -0.401. The van der Waals surface area contributed by atoms with Gasteiger partial charge >= 0.3 is 12.1 Å². The molecule has 0 heterocycles. The number of rotatable bonds is 10. The molecule has 2 N–H and O–H groups in total. The summed E-state index contributed by atoms with van der Waals surface area (Å²) in [5, 5.41) is 12.7.